The van der Waals surface area contributed by atoms with Crippen LogP contribution in [0.1, 0.15) is 128 Å². The van der Waals surface area contributed by atoms with Gasteiger partial charge in [0, 0.05) is 48.0 Å². The van der Waals surface area contributed by atoms with Crippen molar-refractivity contribution in [2.75, 3.05) is 0 Å². The van der Waals surface area contributed by atoms with E-state index in [0.29, 0.717) is 32.1 Å². The van der Waals surface area contributed by atoms with Gasteiger partial charge in [0.15, 0.2) is 11.6 Å². The van der Waals surface area contributed by atoms with Crippen molar-refractivity contribution in [1.82, 2.24) is 0 Å². The van der Waals surface area contributed by atoms with Gasteiger partial charge in [0.2, 0.25) is 0 Å². The van der Waals surface area contributed by atoms with Gasteiger partial charge in [0.1, 0.15) is 17.5 Å². The molecule has 5 N–H and O–H groups in total. The first-order valence-corrected chi connectivity index (χ1v) is 21.7. The van der Waals surface area contributed by atoms with Crippen LogP contribution in [0, 0.1) is 53.3 Å². The van der Waals surface area contributed by atoms with E-state index in [4.69, 9.17) is 14.2 Å². The Labute approximate surface area is 342 Å². The van der Waals surface area contributed by atoms with Crippen LogP contribution in [0.3, 0.4) is 0 Å². The molecule has 57 heavy (non-hydrogen) atoms. The molecule has 3 aliphatic heterocycles. The van der Waals surface area contributed by atoms with Gasteiger partial charge in [-0.25, -0.2) is 4.79 Å². The van der Waals surface area contributed by atoms with Crippen LogP contribution in [0.15, 0.2) is 36.5 Å². The molecule has 0 aromatic carbocycles. The molecule has 326 valence electrons. The second-order valence-corrected chi connectivity index (χ2v) is 18.2. The Balaban J connectivity index is 1.99. The van der Waals surface area contributed by atoms with Gasteiger partial charge in [0.25, 0.3) is 0 Å². The van der Waals surface area contributed by atoms with Crippen molar-refractivity contribution < 1.29 is 54.1 Å². The van der Waals surface area contributed by atoms with Crippen molar-refractivity contribution in [3.8, 4) is 0 Å². The van der Waals surface area contributed by atoms with E-state index in [-0.39, 0.29) is 35.9 Å². The van der Waals surface area contributed by atoms with Gasteiger partial charge >= 0.3 is 5.97 Å². The molecule has 3 aliphatic rings. The summed E-state index contributed by atoms with van der Waals surface area (Å²) >= 11 is 0. The number of fused-ring (bicyclic) bond motifs is 2. The van der Waals surface area contributed by atoms with Crippen molar-refractivity contribution >= 4 is 17.5 Å². The summed E-state index contributed by atoms with van der Waals surface area (Å²) in [5, 5.41) is 55.4. The molecule has 2 bridgehead atoms. The third-order valence-corrected chi connectivity index (χ3v) is 13.8. The van der Waals surface area contributed by atoms with Crippen LogP contribution in [0.5, 0.6) is 0 Å². The molecule has 0 saturated carbocycles. The highest BCUT2D eigenvalue weighted by Crippen LogP contribution is 2.49. The van der Waals surface area contributed by atoms with Crippen molar-refractivity contribution in [2.45, 2.75) is 182 Å². The molecule has 3 rings (SSSR count). The Morgan fingerprint density at radius 2 is 1.47 bits per heavy atom. The van der Waals surface area contributed by atoms with Crippen LogP contribution in [0.25, 0.3) is 0 Å². The van der Waals surface area contributed by atoms with E-state index in [0.717, 1.165) is 19.3 Å². The molecule has 2 saturated heterocycles. The highest BCUT2D eigenvalue weighted by Gasteiger charge is 2.56. The first kappa shape index (κ1) is 49.1. The minimum Gasteiger partial charge on any atom is -0.458 e. The number of Topliss-reactive ketones (excluding diaryl/α,β-unsaturated/α-hetero) is 2. The van der Waals surface area contributed by atoms with Crippen LogP contribution in [-0.2, 0) is 28.6 Å². The van der Waals surface area contributed by atoms with Crippen LogP contribution in [-0.4, -0.2) is 97.2 Å². The molecular weight excluding hydrogens is 728 g/mol. The SMILES string of the molecule is CCC1C=CC=CC[C@H](C)C(O)[C@](C)(O)C(=O)[C@H](C)[C@@H](O)[C@H](C)C(=O)[C@H](C)[C@@H](O)[C@H](C)C=CC(=O)O[C@H]2[C@@H](C)[C@@H](CC1)O[C@@]1(CC[C@@H](C)C(C[C@@H](O)CC)O1)[C@@H]2C. The fourth-order valence-corrected chi connectivity index (χ4v) is 9.11. The van der Waals surface area contributed by atoms with Crippen LogP contribution >= 0.6 is 0 Å². The Kier molecular flexibility index (Phi) is 18.4. The average molecular weight is 805 g/mol. The number of rotatable bonds is 4. The predicted molar refractivity (Wildman–Crippen MR) is 220 cm³/mol. The fourth-order valence-electron chi connectivity index (χ4n) is 9.11. The van der Waals surface area contributed by atoms with E-state index in [1.807, 2.05) is 39.0 Å². The van der Waals surface area contributed by atoms with Gasteiger partial charge in [-0.3, -0.25) is 9.59 Å². The van der Waals surface area contributed by atoms with E-state index >= 15 is 0 Å². The molecule has 11 heteroatoms. The Hall–Kier alpha value is -2.25. The molecule has 3 unspecified atom stereocenters. The smallest absolute Gasteiger partial charge is 0.330 e. The monoisotopic (exact) mass is 805 g/mol. The van der Waals surface area contributed by atoms with Crippen molar-refractivity contribution in [3.05, 3.63) is 36.5 Å². The van der Waals surface area contributed by atoms with E-state index in [2.05, 4.69) is 19.9 Å². The van der Waals surface area contributed by atoms with Crippen molar-refractivity contribution in [3.63, 3.8) is 0 Å². The van der Waals surface area contributed by atoms with Gasteiger partial charge in [-0.2, -0.15) is 0 Å². The average Bonchev–Trinajstić information content (AvgIpc) is 3.19. The van der Waals surface area contributed by atoms with Gasteiger partial charge in [0.05, 0.1) is 36.6 Å². The largest absolute Gasteiger partial charge is 0.458 e. The van der Waals surface area contributed by atoms with Gasteiger partial charge in [-0.1, -0.05) is 99.6 Å². The highest BCUT2D eigenvalue weighted by atomic mass is 16.7. The lowest BCUT2D eigenvalue weighted by molar-refractivity contribution is -0.371. The number of ether oxygens (including phenoxy) is 3. The second-order valence-electron chi connectivity index (χ2n) is 18.2. The number of ketones is 2. The molecule has 0 aromatic rings. The second kappa shape index (κ2) is 21.3. The molecule has 0 aromatic heterocycles. The molecular formula is C46H76O11. The number of aliphatic hydroxyl groups is 5. The Morgan fingerprint density at radius 1 is 0.825 bits per heavy atom. The van der Waals surface area contributed by atoms with Crippen molar-refractivity contribution in [1.29, 1.82) is 0 Å². The maximum Gasteiger partial charge on any atom is 0.330 e. The lowest BCUT2D eigenvalue weighted by Crippen LogP contribution is -2.62. The summed E-state index contributed by atoms with van der Waals surface area (Å²) < 4.78 is 20.1. The number of aliphatic hydroxyl groups excluding tert-OH is 4. The van der Waals surface area contributed by atoms with Crippen LogP contribution in [0.4, 0.5) is 0 Å². The number of esters is 1. The van der Waals surface area contributed by atoms with E-state index in [1.54, 1.807) is 13.8 Å². The van der Waals surface area contributed by atoms with Gasteiger partial charge in [-0.05, 0) is 69.6 Å². The van der Waals surface area contributed by atoms with Gasteiger partial charge in [-0.15, -0.1) is 0 Å². The quantitative estimate of drug-likeness (QED) is 0.202. The molecule has 2 fully saturated rings. The molecule has 1 spiro atoms. The molecule has 3 heterocycles. The Bertz CT molecular complexity index is 1410. The summed E-state index contributed by atoms with van der Waals surface area (Å²) in [7, 11) is 0. The number of carbonyl (C=O) groups excluding carboxylic acids is 3. The summed E-state index contributed by atoms with van der Waals surface area (Å²) in [5.74, 6) is -7.28. The fraction of sp³-hybridized carbons (Fsp3) is 0.804. The molecule has 11 nitrogen and oxygen atoms in total. The maximum absolute atomic E-state index is 13.6. The topological polar surface area (TPSA) is 180 Å². The normalized spacial score (nSPS) is 44.5. The number of hydrogen-bond donors (Lipinski definition) is 5. The van der Waals surface area contributed by atoms with E-state index in [9.17, 15) is 39.9 Å². The standard InChI is InChI=1S/C46H76O11/c1-12-34-18-16-14-15-17-28(5)43(52)45(11,54)44(53)32(9)41(51)31(8)40(50)30(7)39(49)27(4)19-22-38(48)55-42-29(6)36(21-20-34)56-46(33(42)10)24-23-26(3)37(57-46)25-35(47)13-2/h14-16,18-19,22,26-37,39,41-43,47,49,51-52,54H,12-13,17,20-21,23-25H2,1-11H3/t26-,27-,28+,29+,30-,31-,32-,33-,34?,35+,36-,37?,39+,41+,42+,43?,45+,46-/m1/s1. The molecule has 0 aliphatic carbocycles. The highest BCUT2D eigenvalue weighted by molar-refractivity contribution is 5.91. The molecule has 0 radical (unpaired) electrons. The van der Waals surface area contributed by atoms with Crippen LogP contribution < -0.4 is 0 Å². The number of hydrogen-bond acceptors (Lipinski definition) is 11. The first-order chi connectivity index (χ1) is 26.6. The van der Waals surface area contributed by atoms with E-state index < -0.39 is 89.0 Å². The minimum atomic E-state index is -2.18. The van der Waals surface area contributed by atoms with E-state index in [1.165, 1.54) is 39.8 Å². The predicted octanol–water partition coefficient (Wildman–Crippen LogP) is 6.27. The lowest BCUT2D eigenvalue weighted by Gasteiger charge is -2.55. The number of carbonyl (C=O) groups is 3. The third-order valence-electron chi connectivity index (χ3n) is 13.8. The third kappa shape index (κ3) is 12.0. The maximum atomic E-state index is 13.6. The zero-order valence-corrected chi connectivity index (χ0v) is 36.5. The zero-order chi connectivity index (χ0) is 43.0. The summed E-state index contributed by atoms with van der Waals surface area (Å²) in [6, 6.07) is 0. The van der Waals surface area contributed by atoms with Gasteiger partial charge < -0.3 is 39.7 Å². The molecule has 18 atom stereocenters. The summed E-state index contributed by atoms with van der Waals surface area (Å²) in [4.78, 5) is 40.6. The minimum absolute atomic E-state index is 0.168. The Morgan fingerprint density at radius 3 is 2.11 bits per heavy atom. The summed E-state index contributed by atoms with van der Waals surface area (Å²) in [6.45, 7) is 19.4. The number of allylic oxidation sites excluding steroid dienone is 4. The summed E-state index contributed by atoms with van der Waals surface area (Å²) in [5.41, 5.74) is -2.18. The zero-order valence-electron chi connectivity index (χ0n) is 36.5. The molecule has 0 amide bonds. The lowest BCUT2D eigenvalue weighted by atomic mass is 9.74. The van der Waals surface area contributed by atoms with Crippen LogP contribution in [0.2, 0.25) is 0 Å². The first-order valence-electron chi connectivity index (χ1n) is 21.7. The van der Waals surface area contributed by atoms with Crippen molar-refractivity contribution in [2.24, 2.45) is 53.3 Å². The summed E-state index contributed by atoms with van der Waals surface area (Å²) in [6.07, 6.45) is 10.3.